The molecule has 0 bridgehead atoms. The second kappa shape index (κ2) is 15.9. The number of urea groups is 1. The Hall–Kier alpha value is -2.88. The van der Waals surface area contributed by atoms with E-state index >= 15 is 0 Å². The molecule has 1 fully saturated rings. The molecule has 16 heteroatoms. The molecule has 2 heterocycles. The molecule has 0 radical (unpaired) electrons. The third-order valence-corrected chi connectivity index (χ3v) is 8.06. The first kappa shape index (κ1) is 32.6. The summed E-state index contributed by atoms with van der Waals surface area (Å²) in [5, 5.41) is 39.9. The molecule has 2 amide bonds. The van der Waals surface area contributed by atoms with Gasteiger partial charge in [-0.2, -0.15) is 5.10 Å². The van der Waals surface area contributed by atoms with Crippen LogP contribution in [0.15, 0.2) is 63.8 Å². The van der Waals surface area contributed by atoms with Crippen LogP contribution in [0.1, 0.15) is 25.7 Å². The number of amides is 2. The van der Waals surface area contributed by atoms with Crippen LogP contribution in [0.2, 0.25) is 0 Å². The van der Waals surface area contributed by atoms with Crippen LogP contribution in [-0.2, 0) is 9.30 Å². The second-order valence-electron chi connectivity index (χ2n) is 9.26. The van der Waals surface area contributed by atoms with Gasteiger partial charge in [0.2, 0.25) is 0 Å². The summed E-state index contributed by atoms with van der Waals surface area (Å²) in [6, 6.07) is 9.88. The molecule has 9 N–H and O–H groups in total. The van der Waals surface area contributed by atoms with Crippen molar-refractivity contribution in [3.05, 3.63) is 48.8 Å². The predicted molar refractivity (Wildman–Crippen MR) is 155 cm³/mol. The lowest BCUT2D eigenvalue weighted by atomic mass is 9.98. The monoisotopic (exact) mass is 610 g/mol. The minimum atomic E-state index is -4.32. The molecule has 0 aliphatic carbocycles. The Morgan fingerprint density at radius 3 is 2.54 bits per heavy atom. The molecular weight excluding hydrogens is 575 g/mol. The van der Waals surface area contributed by atoms with Crippen molar-refractivity contribution in [2.75, 3.05) is 18.0 Å². The first-order chi connectivity index (χ1) is 19.6. The standard InChI is InChI=1S/C25H35N6O8PS/c26-31-18(15-29-17-5-3-11-27-14-17)4-1-2-12-28-25(35)30-16-6-8-19(9-7-16)41-24-23(34)22(33)21(32)20(39-24)10-13-40(36,37)38/h3,5-9,11,14-15,20-24,32-34H,1-2,4,10,12-13,26H2,(H2,28,30,35)(H2,36,37,38)/b29-15?,31-18-/t20-,21-,22+,23+,24+/m1/s1. The van der Waals surface area contributed by atoms with Crippen molar-refractivity contribution in [3.63, 3.8) is 0 Å². The summed E-state index contributed by atoms with van der Waals surface area (Å²) in [5.41, 5.74) is 0.867. The van der Waals surface area contributed by atoms with E-state index in [4.69, 9.17) is 20.4 Å². The van der Waals surface area contributed by atoms with Crippen LogP contribution in [-0.4, -0.2) is 90.6 Å². The van der Waals surface area contributed by atoms with E-state index < -0.39 is 43.6 Å². The molecule has 5 atom stereocenters. The molecule has 1 saturated heterocycles. The molecule has 14 nitrogen and oxygen atoms in total. The highest BCUT2D eigenvalue weighted by Gasteiger charge is 2.44. The number of hydrogen-bond donors (Lipinski definition) is 8. The summed E-state index contributed by atoms with van der Waals surface area (Å²) in [6.07, 6.45) is 0.693. The van der Waals surface area contributed by atoms with E-state index in [2.05, 4.69) is 25.7 Å². The highest BCUT2D eigenvalue weighted by Crippen LogP contribution is 2.39. The number of hydrogen-bond acceptors (Lipinski definition) is 11. The van der Waals surface area contributed by atoms with Crippen molar-refractivity contribution in [3.8, 4) is 0 Å². The Morgan fingerprint density at radius 2 is 1.88 bits per heavy atom. The normalized spacial score (nSPS) is 23.4. The topological polar surface area (TPSA) is 232 Å². The maximum absolute atomic E-state index is 12.2. The minimum absolute atomic E-state index is 0.188. The number of ether oxygens (including phenoxy) is 1. The number of nitrogens with zero attached hydrogens (tertiary/aromatic N) is 3. The van der Waals surface area contributed by atoms with Crippen LogP contribution in [0.5, 0.6) is 0 Å². The highest BCUT2D eigenvalue weighted by molar-refractivity contribution is 7.99. The number of unbranched alkanes of at least 4 members (excludes halogenated alkanes) is 1. The molecule has 0 unspecified atom stereocenters. The molecule has 41 heavy (non-hydrogen) atoms. The van der Waals surface area contributed by atoms with Crippen LogP contribution in [0.25, 0.3) is 0 Å². The summed E-state index contributed by atoms with van der Waals surface area (Å²) in [4.78, 5) is 39.4. The molecule has 2 aromatic rings. The predicted octanol–water partition coefficient (Wildman–Crippen LogP) is 1.56. The number of pyridine rings is 1. The number of carbonyl (C=O) groups is 1. The average Bonchev–Trinajstić information content (AvgIpc) is 2.95. The zero-order valence-electron chi connectivity index (χ0n) is 22.1. The van der Waals surface area contributed by atoms with E-state index in [9.17, 15) is 24.7 Å². The molecule has 0 spiro atoms. The maximum atomic E-state index is 12.2. The number of aromatic nitrogens is 1. The lowest BCUT2D eigenvalue weighted by molar-refractivity contribution is -0.197. The number of anilines is 1. The lowest BCUT2D eigenvalue weighted by Crippen LogP contribution is -2.56. The van der Waals surface area contributed by atoms with Gasteiger partial charge in [-0.25, -0.2) is 4.79 Å². The number of nitrogens with one attached hydrogen (secondary N) is 2. The van der Waals surface area contributed by atoms with Crippen LogP contribution in [0.4, 0.5) is 16.2 Å². The number of thioether (sulfide) groups is 1. The fourth-order valence-electron chi connectivity index (χ4n) is 3.85. The van der Waals surface area contributed by atoms with Gasteiger partial charge in [-0.05, 0) is 62.1 Å². The van der Waals surface area contributed by atoms with E-state index in [1.54, 1.807) is 48.9 Å². The number of aliphatic hydroxyl groups is 3. The Bertz CT molecular complexity index is 1220. The minimum Gasteiger partial charge on any atom is -0.388 e. The zero-order chi connectivity index (χ0) is 29.8. The van der Waals surface area contributed by atoms with Gasteiger partial charge in [0, 0.05) is 23.3 Å². The number of aliphatic imine (C=N–C) groups is 1. The van der Waals surface area contributed by atoms with Gasteiger partial charge < -0.3 is 46.3 Å². The zero-order valence-corrected chi connectivity index (χ0v) is 23.8. The van der Waals surface area contributed by atoms with Crippen LogP contribution >= 0.6 is 19.4 Å². The molecule has 1 aliphatic rings. The average molecular weight is 611 g/mol. The number of carbonyl (C=O) groups excluding carboxylic acids is 1. The largest absolute Gasteiger partial charge is 0.388 e. The molecule has 224 valence electrons. The first-order valence-corrected chi connectivity index (χ1v) is 15.5. The summed E-state index contributed by atoms with van der Waals surface area (Å²) in [5.74, 6) is 5.43. The summed E-state index contributed by atoms with van der Waals surface area (Å²) in [6.45, 7) is 0.436. The number of rotatable bonds is 13. The quantitative estimate of drug-likeness (QED) is 0.0533. The lowest BCUT2D eigenvalue weighted by Gasteiger charge is -2.40. The summed E-state index contributed by atoms with van der Waals surface area (Å²) >= 11 is 1.07. The summed E-state index contributed by atoms with van der Waals surface area (Å²) in [7, 11) is -4.32. The van der Waals surface area contributed by atoms with Gasteiger partial charge in [-0.3, -0.25) is 14.5 Å². The Morgan fingerprint density at radius 1 is 1.12 bits per heavy atom. The van der Waals surface area contributed by atoms with Crippen LogP contribution in [0, 0.1) is 0 Å². The van der Waals surface area contributed by atoms with E-state index in [-0.39, 0.29) is 12.5 Å². The molecular formula is C25H35N6O8PS. The number of aliphatic hydroxyl groups excluding tert-OH is 3. The van der Waals surface area contributed by atoms with E-state index in [1.165, 1.54) is 0 Å². The van der Waals surface area contributed by atoms with Crippen molar-refractivity contribution in [2.24, 2.45) is 15.9 Å². The summed E-state index contributed by atoms with van der Waals surface area (Å²) < 4.78 is 16.8. The third kappa shape index (κ3) is 11.1. The van der Waals surface area contributed by atoms with Gasteiger partial charge in [-0.15, -0.1) is 0 Å². The molecule has 1 aromatic carbocycles. The second-order valence-corrected chi connectivity index (χ2v) is 12.2. The van der Waals surface area contributed by atoms with Crippen molar-refractivity contribution in [1.29, 1.82) is 0 Å². The van der Waals surface area contributed by atoms with Gasteiger partial charge in [0.1, 0.15) is 23.7 Å². The third-order valence-electron chi connectivity index (χ3n) is 6.06. The van der Waals surface area contributed by atoms with Crippen molar-refractivity contribution < 1.29 is 39.2 Å². The molecule has 1 aromatic heterocycles. The Kier molecular flexibility index (Phi) is 12.7. The van der Waals surface area contributed by atoms with Gasteiger partial charge in [0.05, 0.1) is 36.1 Å². The fraction of sp³-hybridized carbons (Fsp3) is 0.440. The smallest absolute Gasteiger partial charge is 0.325 e. The number of nitrogens with two attached hydrogens (primary N) is 1. The molecule has 3 rings (SSSR count). The van der Waals surface area contributed by atoms with Gasteiger partial charge in [0.25, 0.3) is 0 Å². The SMILES string of the molecule is N/N=C(\C=Nc1cccnc1)CCCCNC(=O)Nc1ccc(S[C@@H]2O[C@H](CCP(=O)(O)O)[C@@H](O)[C@H](O)[C@@H]2O)cc1. The molecule has 0 saturated carbocycles. The Balaban J connectivity index is 1.39. The number of benzene rings is 1. The van der Waals surface area contributed by atoms with Gasteiger partial charge in [0.15, 0.2) is 0 Å². The van der Waals surface area contributed by atoms with Crippen LogP contribution < -0.4 is 16.5 Å². The van der Waals surface area contributed by atoms with Gasteiger partial charge >= 0.3 is 13.6 Å². The number of hydrazone groups is 1. The van der Waals surface area contributed by atoms with Crippen molar-refractivity contribution in [1.82, 2.24) is 10.3 Å². The van der Waals surface area contributed by atoms with Crippen molar-refractivity contribution in [2.45, 2.75) is 60.4 Å². The van der Waals surface area contributed by atoms with Crippen molar-refractivity contribution >= 4 is 48.7 Å². The van der Waals surface area contributed by atoms with E-state index in [0.29, 0.717) is 41.4 Å². The molecule has 1 aliphatic heterocycles. The maximum Gasteiger partial charge on any atom is 0.325 e. The Labute approximate surface area is 241 Å². The van der Waals surface area contributed by atoms with E-state index in [0.717, 1.165) is 18.2 Å². The van der Waals surface area contributed by atoms with Gasteiger partial charge in [-0.1, -0.05) is 11.8 Å². The van der Waals surface area contributed by atoms with E-state index in [1.807, 2.05) is 6.07 Å². The fourth-order valence-corrected chi connectivity index (χ4v) is 5.50. The highest BCUT2D eigenvalue weighted by atomic mass is 32.2. The van der Waals surface area contributed by atoms with Crippen LogP contribution in [0.3, 0.4) is 0 Å². The first-order valence-electron chi connectivity index (χ1n) is 12.8.